The van der Waals surface area contributed by atoms with Crippen LogP contribution in [0, 0.1) is 0 Å². The van der Waals surface area contributed by atoms with Crippen molar-refractivity contribution in [3.8, 4) is 0 Å². The van der Waals surface area contributed by atoms with Crippen LogP contribution in [-0.4, -0.2) is 28.2 Å². The number of pyridine rings is 1. The maximum atomic E-state index is 13.2. The fourth-order valence-corrected chi connectivity index (χ4v) is 4.10. The van der Waals surface area contributed by atoms with E-state index >= 15 is 0 Å². The minimum atomic E-state index is -0.136. The Morgan fingerprint density at radius 3 is 2.52 bits per heavy atom. The summed E-state index contributed by atoms with van der Waals surface area (Å²) in [6, 6.07) is 20.8. The summed E-state index contributed by atoms with van der Waals surface area (Å²) >= 11 is 5.98. The Bertz CT molecular complexity index is 1080. The molecule has 0 bridgehead atoms. The summed E-state index contributed by atoms with van der Waals surface area (Å²) in [5.74, 6) is -0.148. The van der Waals surface area contributed by atoms with Crippen LogP contribution in [0.15, 0.2) is 66.7 Å². The van der Waals surface area contributed by atoms with Gasteiger partial charge in [0.1, 0.15) is 0 Å². The number of aromatic nitrogens is 1. The van der Waals surface area contributed by atoms with E-state index in [9.17, 15) is 9.59 Å². The lowest BCUT2D eigenvalue weighted by atomic mass is 10.1. The van der Waals surface area contributed by atoms with Crippen molar-refractivity contribution in [1.29, 1.82) is 0 Å². The fourth-order valence-electron chi connectivity index (χ4n) is 3.98. The third kappa shape index (κ3) is 5.12. The second-order valence-corrected chi connectivity index (χ2v) is 8.21. The van der Waals surface area contributed by atoms with Crippen LogP contribution in [0.3, 0.4) is 0 Å². The average Bonchev–Trinajstić information content (AvgIpc) is 3.25. The Hall–Kier alpha value is -3.18. The first-order valence-electron chi connectivity index (χ1n) is 10.4. The standard InChI is InChI=1S/C25H24ClN3O2/c1-17(30)27-21-13-9-19(10-14-21)25(31)29-15-3-6-24(29)23-5-2-4-22(28-23)16-18-7-11-20(26)12-8-18/h2,4-5,7-14,24H,3,6,15-16H2,1H3,(H,27,30)/t24-/m0/s1. The van der Waals surface area contributed by atoms with E-state index < -0.39 is 0 Å². The van der Waals surface area contributed by atoms with Crippen molar-refractivity contribution < 1.29 is 9.59 Å². The van der Waals surface area contributed by atoms with Crippen molar-refractivity contribution in [2.24, 2.45) is 0 Å². The molecule has 0 aliphatic carbocycles. The van der Waals surface area contributed by atoms with Gasteiger partial charge < -0.3 is 10.2 Å². The third-order valence-electron chi connectivity index (χ3n) is 5.43. The highest BCUT2D eigenvalue weighted by Crippen LogP contribution is 2.32. The molecule has 0 radical (unpaired) electrons. The molecule has 0 spiro atoms. The Balaban J connectivity index is 1.50. The minimum Gasteiger partial charge on any atom is -0.330 e. The number of carbonyl (C=O) groups is 2. The molecule has 1 fully saturated rings. The first-order chi connectivity index (χ1) is 15.0. The molecule has 6 heteroatoms. The predicted molar refractivity (Wildman–Crippen MR) is 122 cm³/mol. The van der Waals surface area contributed by atoms with Crippen molar-refractivity contribution >= 4 is 29.1 Å². The Kier molecular flexibility index (Phi) is 6.33. The zero-order valence-electron chi connectivity index (χ0n) is 17.3. The summed E-state index contributed by atoms with van der Waals surface area (Å²) in [6.45, 7) is 2.17. The van der Waals surface area contributed by atoms with Gasteiger partial charge in [-0.25, -0.2) is 0 Å². The number of hydrogen-bond acceptors (Lipinski definition) is 3. The molecule has 2 amide bonds. The molecular formula is C25H24ClN3O2. The van der Waals surface area contributed by atoms with E-state index in [4.69, 9.17) is 16.6 Å². The predicted octanol–water partition coefficient (Wildman–Crippen LogP) is 5.26. The van der Waals surface area contributed by atoms with Crippen LogP contribution in [0.2, 0.25) is 5.02 Å². The SMILES string of the molecule is CC(=O)Nc1ccc(C(=O)N2CCC[C@H]2c2cccc(Cc3ccc(Cl)cc3)n2)cc1. The first-order valence-corrected chi connectivity index (χ1v) is 10.8. The summed E-state index contributed by atoms with van der Waals surface area (Å²) in [4.78, 5) is 31.1. The van der Waals surface area contributed by atoms with Gasteiger partial charge in [-0.1, -0.05) is 29.8 Å². The smallest absolute Gasteiger partial charge is 0.254 e. The second-order valence-electron chi connectivity index (χ2n) is 7.77. The van der Waals surface area contributed by atoms with Gasteiger partial charge in [-0.05, 0) is 66.9 Å². The highest BCUT2D eigenvalue weighted by atomic mass is 35.5. The van der Waals surface area contributed by atoms with E-state index in [2.05, 4.69) is 5.32 Å². The number of halogens is 1. The average molecular weight is 434 g/mol. The molecule has 4 rings (SSSR count). The molecule has 5 nitrogen and oxygen atoms in total. The van der Waals surface area contributed by atoms with Crippen LogP contribution in [0.1, 0.15) is 53.1 Å². The normalized spacial score (nSPS) is 15.7. The molecule has 3 aromatic rings. The van der Waals surface area contributed by atoms with Crippen molar-refractivity contribution in [3.05, 3.63) is 94.3 Å². The number of benzene rings is 2. The van der Waals surface area contributed by atoms with Crippen LogP contribution >= 0.6 is 11.6 Å². The number of carbonyl (C=O) groups excluding carboxylic acids is 2. The third-order valence-corrected chi connectivity index (χ3v) is 5.69. The number of rotatable bonds is 5. The molecule has 0 saturated carbocycles. The lowest BCUT2D eigenvalue weighted by Crippen LogP contribution is -2.31. The van der Waals surface area contributed by atoms with Crippen molar-refractivity contribution in [2.75, 3.05) is 11.9 Å². The number of anilines is 1. The lowest BCUT2D eigenvalue weighted by Gasteiger charge is -2.25. The maximum absolute atomic E-state index is 13.2. The monoisotopic (exact) mass is 433 g/mol. The van der Waals surface area contributed by atoms with Crippen molar-refractivity contribution in [2.45, 2.75) is 32.2 Å². The summed E-state index contributed by atoms with van der Waals surface area (Å²) in [6.07, 6.45) is 2.56. The zero-order valence-corrected chi connectivity index (χ0v) is 18.1. The molecule has 1 aliphatic heterocycles. The van der Waals surface area contributed by atoms with Gasteiger partial charge in [0.05, 0.1) is 11.7 Å². The molecular weight excluding hydrogens is 410 g/mol. The number of hydrogen-bond donors (Lipinski definition) is 1. The summed E-state index contributed by atoms with van der Waals surface area (Å²) in [5, 5.41) is 3.44. The Labute approximate surface area is 187 Å². The van der Waals surface area contributed by atoms with Crippen LogP contribution in [-0.2, 0) is 11.2 Å². The fraction of sp³-hybridized carbons (Fsp3) is 0.240. The molecule has 158 valence electrons. The minimum absolute atomic E-state index is 0.0122. The summed E-state index contributed by atoms with van der Waals surface area (Å²) < 4.78 is 0. The second kappa shape index (κ2) is 9.31. The highest BCUT2D eigenvalue weighted by molar-refractivity contribution is 6.30. The molecule has 1 N–H and O–H groups in total. The largest absolute Gasteiger partial charge is 0.330 e. The first kappa shape index (κ1) is 21.1. The summed E-state index contributed by atoms with van der Waals surface area (Å²) in [7, 11) is 0. The maximum Gasteiger partial charge on any atom is 0.254 e. The molecule has 1 saturated heterocycles. The van der Waals surface area contributed by atoms with Gasteiger partial charge in [0, 0.05) is 41.9 Å². The van der Waals surface area contributed by atoms with E-state index in [1.165, 1.54) is 6.92 Å². The van der Waals surface area contributed by atoms with Gasteiger partial charge in [-0.3, -0.25) is 14.6 Å². The van der Waals surface area contributed by atoms with E-state index in [1.54, 1.807) is 24.3 Å². The van der Waals surface area contributed by atoms with E-state index in [0.717, 1.165) is 41.2 Å². The summed E-state index contributed by atoms with van der Waals surface area (Å²) in [5.41, 5.74) is 4.33. The van der Waals surface area contributed by atoms with E-state index in [-0.39, 0.29) is 17.9 Å². The quantitative estimate of drug-likeness (QED) is 0.596. The highest BCUT2D eigenvalue weighted by Gasteiger charge is 2.31. The molecule has 1 aliphatic rings. The van der Waals surface area contributed by atoms with Gasteiger partial charge in [-0.15, -0.1) is 0 Å². The van der Waals surface area contributed by atoms with Crippen LogP contribution in [0.5, 0.6) is 0 Å². The Morgan fingerprint density at radius 2 is 1.81 bits per heavy atom. The van der Waals surface area contributed by atoms with Gasteiger partial charge in [-0.2, -0.15) is 0 Å². The zero-order chi connectivity index (χ0) is 21.8. The van der Waals surface area contributed by atoms with E-state index in [1.807, 2.05) is 47.4 Å². The van der Waals surface area contributed by atoms with Crippen LogP contribution in [0.25, 0.3) is 0 Å². The van der Waals surface area contributed by atoms with Crippen molar-refractivity contribution in [1.82, 2.24) is 9.88 Å². The van der Waals surface area contributed by atoms with Gasteiger partial charge in [0.2, 0.25) is 5.91 Å². The lowest BCUT2D eigenvalue weighted by molar-refractivity contribution is -0.114. The number of nitrogens with one attached hydrogen (secondary N) is 1. The molecule has 31 heavy (non-hydrogen) atoms. The Morgan fingerprint density at radius 1 is 1.06 bits per heavy atom. The topological polar surface area (TPSA) is 62.3 Å². The molecule has 1 atom stereocenters. The van der Waals surface area contributed by atoms with Crippen LogP contribution in [0.4, 0.5) is 5.69 Å². The number of likely N-dealkylation sites (tertiary alicyclic amines) is 1. The molecule has 2 aromatic carbocycles. The number of amides is 2. The van der Waals surface area contributed by atoms with Gasteiger partial charge in [0.25, 0.3) is 5.91 Å². The number of nitrogens with zero attached hydrogens (tertiary/aromatic N) is 2. The molecule has 0 unspecified atom stereocenters. The van der Waals surface area contributed by atoms with Crippen molar-refractivity contribution in [3.63, 3.8) is 0 Å². The van der Waals surface area contributed by atoms with E-state index in [0.29, 0.717) is 17.8 Å². The molecule has 1 aromatic heterocycles. The van der Waals surface area contributed by atoms with Crippen LogP contribution < -0.4 is 5.32 Å². The van der Waals surface area contributed by atoms with Gasteiger partial charge >= 0.3 is 0 Å². The molecule has 2 heterocycles. The van der Waals surface area contributed by atoms with Gasteiger partial charge in [0.15, 0.2) is 0 Å².